The summed E-state index contributed by atoms with van der Waals surface area (Å²) in [6, 6.07) is 15.8. The molecule has 2 rings (SSSR count). The number of hydrogen-bond acceptors (Lipinski definition) is 1. The van der Waals surface area contributed by atoms with E-state index in [1.54, 1.807) is 6.08 Å². The summed E-state index contributed by atoms with van der Waals surface area (Å²) in [5, 5.41) is 3.16. The Kier molecular flexibility index (Phi) is 9.93. The normalized spacial score (nSPS) is 13.5. The van der Waals surface area contributed by atoms with Crippen LogP contribution in [0, 0.1) is 9.49 Å². The molecule has 0 spiro atoms. The summed E-state index contributed by atoms with van der Waals surface area (Å²) >= 11 is 2.42. The third kappa shape index (κ3) is 7.20. The SMILES string of the molecule is C=C/C(=C\C(C=C)=C(/C=C)NC)C(=C)C(C)Cc1ccc(-c2cc(I)cc(C(C)(C)C)c2)cc1. The summed E-state index contributed by atoms with van der Waals surface area (Å²) in [6.45, 7) is 25.2. The summed E-state index contributed by atoms with van der Waals surface area (Å²) in [5.74, 6) is 0.271. The second-order valence-electron chi connectivity index (χ2n) is 9.64. The van der Waals surface area contributed by atoms with Crippen LogP contribution in [-0.2, 0) is 11.8 Å². The fourth-order valence-corrected chi connectivity index (χ4v) is 4.52. The molecule has 1 nitrogen and oxygen atoms in total. The van der Waals surface area contributed by atoms with Crippen molar-refractivity contribution in [3.05, 3.63) is 130 Å². The summed E-state index contributed by atoms with van der Waals surface area (Å²) in [7, 11) is 1.88. The maximum Gasteiger partial charge on any atom is 0.0405 e. The van der Waals surface area contributed by atoms with Crippen molar-refractivity contribution in [3.63, 3.8) is 0 Å². The van der Waals surface area contributed by atoms with Gasteiger partial charge < -0.3 is 5.32 Å². The molecule has 1 unspecified atom stereocenters. The average Bonchev–Trinajstić information content (AvgIpc) is 2.81. The Morgan fingerprint density at radius 2 is 1.62 bits per heavy atom. The van der Waals surface area contributed by atoms with Gasteiger partial charge in [0.05, 0.1) is 0 Å². The Morgan fingerprint density at radius 3 is 2.12 bits per heavy atom. The van der Waals surface area contributed by atoms with Crippen molar-refractivity contribution in [1.29, 1.82) is 0 Å². The standard InChI is InChI=1S/C32H38IN/c1-10-25(18-26(11-2)31(12-3)34-9)23(5)22(4)17-24-13-15-27(16-14-24)28-19-29(32(6,7)8)21-30(33)20-28/h10-16,18-22,34H,1-3,5,17H2,4,6-9H3/b25-18+,31-26+. The average molecular weight is 564 g/mol. The van der Waals surface area contributed by atoms with Gasteiger partial charge in [-0.25, -0.2) is 0 Å². The first-order chi connectivity index (χ1) is 16.0. The summed E-state index contributed by atoms with van der Waals surface area (Å²) in [5.41, 5.74) is 9.27. The zero-order chi connectivity index (χ0) is 25.5. The fraction of sp³-hybridized carbons (Fsp3) is 0.250. The van der Waals surface area contributed by atoms with Gasteiger partial charge in [-0.1, -0.05) is 96.5 Å². The van der Waals surface area contributed by atoms with Crippen LogP contribution in [-0.4, -0.2) is 7.05 Å². The first-order valence-corrected chi connectivity index (χ1v) is 12.7. The highest BCUT2D eigenvalue weighted by molar-refractivity contribution is 14.1. The van der Waals surface area contributed by atoms with E-state index in [0.717, 1.165) is 28.8 Å². The lowest BCUT2D eigenvalue weighted by Crippen LogP contribution is -2.11. The highest BCUT2D eigenvalue weighted by Crippen LogP contribution is 2.31. The zero-order valence-corrected chi connectivity index (χ0v) is 23.5. The van der Waals surface area contributed by atoms with Crippen LogP contribution >= 0.6 is 22.6 Å². The van der Waals surface area contributed by atoms with E-state index < -0.39 is 0 Å². The topological polar surface area (TPSA) is 12.0 Å². The minimum atomic E-state index is 0.127. The Bertz CT molecular complexity index is 1120. The van der Waals surface area contributed by atoms with Crippen LogP contribution < -0.4 is 5.32 Å². The molecular formula is C32H38IN. The Morgan fingerprint density at radius 1 is 0.971 bits per heavy atom. The van der Waals surface area contributed by atoms with E-state index in [-0.39, 0.29) is 11.3 Å². The maximum atomic E-state index is 4.38. The maximum absolute atomic E-state index is 4.38. The zero-order valence-electron chi connectivity index (χ0n) is 21.3. The van der Waals surface area contributed by atoms with Gasteiger partial charge in [-0.2, -0.15) is 0 Å². The number of allylic oxidation sites excluding steroid dienone is 7. The van der Waals surface area contributed by atoms with Crippen molar-refractivity contribution in [1.82, 2.24) is 5.32 Å². The summed E-state index contributed by atoms with van der Waals surface area (Å²) < 4.78 is 1.27. The monoisotopic (exact) mass is 563 g/mol. The van der Waals surface area contributed by atoms with E-state index >= 15 is 0 Å². The number of rotatable bonds is 10. The van der Waals surface area contributed by atoms with Crippen molar-refractivity contribution in [2.24, 2.45) is 5.92 Å². The second kappa shape index (κ2) is 12.2. The van der Waals surface area contributed by atoms with Crippen LogP contribution in [0.15, 0.2) is 116 Å². The lowest BCUT2D eigenvalue weighted by molar-refractivity contribution is 0.590. The predicted molar refractivity (Wildman–Crippen MR) is 160 cm³/mol. The van der Waals surface area contributed by atoms with Crippen molar-refractivity contribution < 1.29 is 0 Å². The van der Waals surface area contributed by atoms with Gasteiger partial charge in [0.2, 0.25) is 0 Å². The lowest BCUT2D eigenvalue weighted by atomic mass is 9.85. The molecule has 0 aliphatic rings. The molecule has 2 heteroatoms. The molecular weight excluding hydrogens is 525 g/mol. The lowest BCUT2D eigenvalue weighted by Gasteiger charge is -2.21. The van der Waals surface area contributed by atoms with Gasteiger partial charge in [0.25, 0.3) is 0 Å². The van der Waals surface area contributed by atoms with Gasteiger partial charge in [-0.3, -0.25) is 0 Å². The first-order valence-electron chi connectivity index (χ1n) is 11.6. The molecule has 2 aromatic carbocycles. The molecule has 0 radical (unpaired) electrons. The molecule has 0 bridgehead atoms. The van der Waals surface area contributed by atoms with Crippen LogP contribution in [0.2, 0.25) is 0 Å². The highest BCUT2D eigenvalue weighted by atomic mass is 127. The molecule has 2 aromatic rings. The summed E-state index contributed by atoms with van der Waals surface area (Å²) in [6.07, 6.45) is 8.46. The molecule has 0 fully saturated rings. The van der Waals surface area contributed by atoms with E-state index in [0.29, 0.717) is 0 Å². The van der Waals surface area contributed by atoms with E-state index in [1.165, 1.54) is 25.8 Å². The van der Waals surface area contributed by atoms with Gasteiger partial charge in [0.1, 0.15) is 0 Å². The Hall–Kier alpha value is -2.59. The molecule has 0 saturated heterocycles. The van der Waals surface area contributed by atoms with Crippen LogP contribution in [0.1, 0.15) is 38.8 Å². The molecule has 34 heavy (non-hydrogen) atoms. The number of likely N-dealkylation sites (N-methyl/N-ethyl adjacent to an activating group) is 1. The largest absolute Gasteiger partial charge is 0.388 e. The Balaban J connectivity index is 2.24. The van der Waals surface area contributed by atoms with Crippen LogP contribution in [0.5, 0.6) is 0 Å². The molecule has 0 saturated carbocycles. The van der Waals surface area contributed by atoms with Crippen LogP contribution in [0.3, 0.4) is 0 Å². The minimum Gasteiger partial charge on any atom is -0.388 e. The highest BCUT2D eigenvalue weighted by Gasteiger charge is 2.16. The third-order valence-corrected chi connectivity index (χ3v) is 6.72. The smallest absolute Gasteiger partial charge is 0.0405 e. The molecule has 1 N–H and O–H groups in total. The van der Waals surface area contributed by atoms with Gasteiger partial charge in [0.15, 0.2) is 0 Å². The molecule has 0 amide bonds. The first kappa shape index (κ1) is 27.7. The minimum absolute atomic E-state index is 0.127. The van der Waals surface area contributed by atoms with E-state index in [9.17, 15) is 0 Å². The summed E-state index contributed by atoms with van der Waals surface area (Å²) in [4.78, 5) is 0. The van der Waals surface area contributed by atoms with Gasteiger partial charge >= 0.3 is 0 Å². The number of benzene rings is 2. The second-order valence-corrected chi connectivity index (χ2v) is 10.9. The van der Waals surface area contributed by atoms with Crippen molar-refractivity contribution in [3.8, 4) is 11.1 Å². The Labute approximate surface area is 220 Å². The van der Waals surface area contributed by atoms with Gasteiger partial charge in [0, 0.05) is 16.3 Å². The molecule has 178 valence electrons. The van der Waals surface area contributed by atoms with Gasteiger partial charge in [-0.05, 0) is 104 Å². The number of hydrogen-bond donors (Lipinski definition) is 1. The van der Waals surface area contributed by atoms with Crippen LogP contribution in [0.4, 0.5) is 0 Å². The quantitative estimate of drug-likeness (QED) is 0.225. The number of nitrogens with one attached hydrogen (secondary N) is 1. The molecule has 0 heterocycles. The predicted octanol–water partition coefficient (Wildman–Crippen LogP) is 8.95. The molecule has 0 aliphatic heterocycles. The van der Waals surface area contributed by atoms with Crippen molar-refractivity contribution in [2.45, 2.75) is 39.5 Å². The molecule has 0 aliphatic carbocycles. The van der Waals surface area contributed by atoms with Gasteiger partial charge in [-0.15, -0.1) is 0 Å². The van der Waals surface area contributed by atoms with E-state index in [4.69, 9.17) is 0 Å². The van der Waals surface area contributed by atoms with Crippen molar-refractivity contribution in [2.75, 3.05) is 7.05 Å². The third-order valence-electron chi connectivity index (χ3n) is 6.09. The molecule has 0 aromatic heterocycles. The number of halogens is 1. The molecule has 1 atom stereocenters. The fourth-order valence-electron chi connectivity index (χ4n) is 3.84. The van der Waals surface area contributed by atoms with E-state index in [2.05, 4.69) is 130 Å². The van der Waals surface area contributed by atoms with Crippen LogP contribution in [0.25, 0.3) is 11.1 Å². The van der Waals surface area contributed by atoms with E-state index in [1.807, 2.05) is 19.2 Å². The van der Waals surface area contributed by atoms with Crippen molar-refractivity contribution >= 4 is 22.6 Å².